The van der Waals surface area contributed by atoms with Crippen molar-refractivity contribution in [2.75, 3.05) is 25.6 Å². The molecule has 9 heteroatoms. The van der Waals surface area contributed by atoms with Crippen LogP contribution in [0.5, 0.6) is 5.75 Å². The summed E-state index contributed by atoms with van der Waals surface area (Å²) in [5.41, 5.74) is 0.0368. The van der Waals surface area contributed by atoms with E-state index in [9.17, 15) is 19.5 Å². The van der Waals surface area contributed by atoms with Crippen molar-refractivity contribution in [1.29, 1.82) is 0 Å². The van der Waals surface area contributed by atoms with Crippen molar-refractivity contribution in [2.24, 2.45) is 11.8 Å². The number of aliphatic hydroxyl groups is 1. The summed E-state index contributed by atoms with van der Waals surface area (Å²) in [5.74, 6) is -2.31. The van der Waals surface area contributed by atoms with Gasteiger partial charge in [-0.15, -0.1) is 0 Å². The van der Waals surface area contributed by atoms with E-state index < -0.39 is 54.1 Å². The summed E-state index contributed by atoms with van der Waals surface area (Å²) in [6, 6.07) is 14.1. The van der Waals surface area contributed by atoms with Crippen molar-refractivity contribution in [3.63, 3.8) is 0 Å². The van der Waals surface area contributed by atoms with Crippen LogP contribution in [0.3, 0.4) is 0 Å². The number of nitrogens with zero attached hydrogens (tertiary/aromatic N) is 1. The van der Waals surface area contributed by atoms with Crippen molar-refractivity contribution in [1.82, 2.24) is 4.90 Å². The molecule has 0 aliphatic carbocycles. The zero-order valence-electron chi connectivity index (χ0n) is 20.3. The fourth-order valence-electron chi connectivity index (χ4n) is 6.15. The van der Waals surface area contributed by atoms with Crippen LogP contribution < -0.4 is 10.1 Å². The maximum absolute atomic E-state index is 14.0. The van der Waals surface area contributed by atoms with E-state index in [1.807, 2.05) is 18.2 Å². The predicted molar refractivity (Wildman–Crippen MR) is 129 cm³/mol. The van der Waals surface area contributed by atoms with Gasteiger partial charge in [0.1, 0.15) is 17.4 Å². The molecule has 0 aromatic heterocycles. The number of rotatable bonds is 8. The Labute approximate surface area is 209 Å². The number of hydrogen-bond acceptors (Lipinski definition) is 7. The molecule has 190 valence electrons. The Kier molecular flexibility index (Phi) is 6.44. The van der Waals surface area contributed by atoms with Crippen molar-refractivity contribution in [2.45, 2.75) is 43.6 Å². The first-order chi connectivity index (χ1) is 17.4. The molecule has 3 aliphatic heterocycles. The van der Waals surface area contributed by atoms with Gasteiger partial charge in [-0.1, -0.05) is 30.3 Å². The smallest absolute Gasteiger partial charge is 0.312 e. The van der Waals surface area contributed by atoms with Crippen LogP contribution in [-0.4, -0.2) is 65.9 Å². The van der Waals surface area contributed by atoms with Crippen molar-refractivity contribution < 1.29 is 33.7 Å². The lowest BCUT2D eigenvalue weighted by atomic mass is 9.70. The molecule has 36 heavy (non-hydrogen) atoms. The van der Waals surface area contributed by atoms with Gasteiger partial charge in [-0.3, -0.25) is 14.4 Å². The number of fused-ring (bicyclic) bond motifs is 1. The van der Waals surface area contributed by atoms with Crippen LogP contribution in [0.2, 0.25) is 0 Å². The molecule has 5 rings (SSSR count). The van der Waals surface area contributed by atoms with Gasteiger partial charge in [-0.2, -0.15) is 0 Å². The SMILES string of the molecule is CCOC(=O)[C@@H]1[C@@H]2CCC3(O2)C(C(=O)Nc2ccc(OC)cc2)N([C@H](CO)c2ccccc2)C(=O)[C@H]13. The second kappa shape index (κ2) is 9.55. The number of hydrogen-bond donors (Lipinski definition) is 2. The van der Waals surface area contributed by atoms with E-state index in [4.69, 9.17) is 14.2 Å². The molecular weight excluding hydrogens is 464 g/mol. The lowest BCUT2D eigenvalue weighted by Crippen LogP contribution is -2.54. The minimum atomic E-state index is -1.18. The number of amides is 2. The molecule has 9 nitrogen and oxygen atoms in total. The average Bonchev–Trinajstić information content (AvgIpc) is 3.53. The van der Waals surface area contributed by atoms with E-state index in [0.29, 0.717) is 29.8 Å². The van der Waals surface area contributed by atoms with E-state index in [1.54, 1.807) is 50.4 Å². The van der Waals surface area contributed by atoms with Crippen LogP contribution >= 0.6 is 0 Å². The molecule has 0 saturated carbocycles. The maximum atomic E-state index is 14.0. The number of carbonyl (C=O) groups is 3. The minimum absolute atomic E-state index is 0.185. The molecule has 3 heterocycles. The predicted octanol–water partition coefficient (Wildman–Crippen LogP) is 2.30. The summed E-state index contributed by atoms with van der Waals surface area (Å²) in [6.45, 7) is 1.51. The van der Waals surface area contributed by atoms with E-state index >= 15 is 0 Å². The van der Waals surface area contributed by atoms with Gasteiger partial charge in [-0.05, 0) is 49.6 Å². The summed E-state index contributed by atoms with van der Waals surface area (Å²) in [7, 11) is 1.56. The van der Waals surface area contributed by atoms with Gasteiger partial charge in [-0.25, -0.2) is 0 Å². The number of anilines is 1. The van der Waals surface area contributed by atoms with Gasteiger partial charge in [0.2, 0.25) is 11.8 Å². The van der Waals surface area contributed by atoms with Gasteiger partial charge in [0.15, 0.2) is 0 Å². The van der Waals surface area contributed by atoms with Crippen molar-refractivity contribution in [3.05, 3.63) is 60.2 Å². The number of carbonyl (C=O) groups excluding carboxylic acids is 3. The molecule has 2 unspecified atom stereocenters. The average molecular weight is 495 g/mol. The fourth-order valence-corrected chi connectivity index (χ4v) is 6.15. The monoisotopic (exact) mass is 494 g/mol. The molecule has 2 aromatic carbocycles. The molecule has 2 N–H and O–H groups in total. The van der Waals surface area contributed by atoms with Gasteiger partial charge >= 0.3 is 5.97 Å². The molecule has 3 aliphatic rings. The first-order valence-electron chi connectivity index (χ1n) is 12.2. The third kappa shape index (κ3) is 3.74. The molecule has 6 atom stereocenters. The number of esters is 1. The maximum Gasteiger partial charge on any atom is 0.312 e. The van der Waals surface area contributed by atoms with Crippen LogP contribution in [0.4, 0.5) is 5.69 Å². The minimum Gasteiger partial charge on any atom is -0.497 e. The Morgan fingerprint density at radius 1 is 1.19 bits per heavy atom. The van der Waals surface area contributed by atoms with Crippen LogP contribution in [-0.2, 0) is 23.9 Å². The van der Waals surface area contributed by atoms with Crippen LogP contribution in [0, 0.1) is 11.8 Å². The molecule has 3 saturated heterocycles. The Morgan fingerprint density at radius 3 is 2.56 bits per heavy atom. The molecular formula is C27H30N2O7. The first-order valence-corrected chi connectivity index (χ1v) is 12.2. The lowest BCUT2D eigenvalue weighted by Gasteiger charge is -2.36. The molecule has 3 fully saturated rings. The van der Waals surface area contributed by atoms with E-state index in [1.165, 1.54) is 4.90 Å². The summed E-state index contributed by atoms with van der Waals surface area (Å²) < 4.78 is 16.9. The second-order valence-electron chi connectivity index (χ2n) is 9.38. The van der Waals surface area contributed by atoms with E-state index in [2.05, 4.69) is 5.32 Å². The molecule has 2 aromatic rings. The highest BCUT2D eigenvalue weighted by molar-refractivity contribution is 6.03. The highest BCUT2D eigenvalue weighted by Gasteiger charge is 2.75. The number of ether oxygens (including phenoxy) is 3. The molecule has 0 radical (unpaired) electrons. The highest BCUT2D eigenvalue weighted by Crippen LogP contribution is 2.59. The number of nitrogens with one attached hydrogen (secondary N) is 1. The normalized spacial score (nSPS) is 29.1. The van der Waals surface area contributed by atoms with Gasteiger partial charge in [0.25, 0.3) is 0 Å². The standard InChI is InChI=1S/C27H30N2O7/c1-3-35-26(33)21-20-13-14-27(36-20)22(21)25(32)29(19(15-30)16-7-5-4-6-8-16)23(27)24(31)28-17-9-11-18(34-2)12-10-17/h4-12,19-23,30H,3,13-15H2,1-2H3,(H,28,31)/t19-,20+,21-,22+,23?,27?/m1/s1. The lowest BCUT2D eigenvalue weighted by molar-refractivity contribution is -0.155. The first kappa shape index (κ1) is 24.3. The zero-order chi connectivity index (χ0) is 25.4. The number of likely N-dealkylation sites (tertiary alicyclic amines) is 1. The van der Waals surface area contributed by atoms with E-state index in [-0.39, 0.29) is 12.5 Å². The van der Waals surface area contributed by atoms with Gasteiger partial charge in [0, 0.05) is 5.69 Å². The number of methoxy groups -OCH3 is 1. The quantitative estimate of drug-likeness (QED) is 0.541. The Bertz CT molecular complexity index is 1140. The van der Waals surface area contributed by atoms with Crippen molar-refractivity contribution in [3.8, 4) is 5.75 Å². The molecule has 2 bridgehead atoms. The Balaban J connectivity index is 1.56. The molecule has 2 amide bonds. The third-order valence-electron chi connectivity index (χ3n) is 7.60. The van der Waals surface area contributed by atoms with Crippen LogP contribution in [0.15, 0.2) is 54.6 Å². The number of benzene rings is 2. The Hall–Kier alpha value is -3.43. The summed E-state index contributed by atoms with van der Waals surface area (Å²) in [5, 5.41) is 13.3. The van der Waals surface area contributed by atoms with Gasteiger partial charge < -0.3 is 29.5 Å². The largest absolute Gasteiger partial charge is 0.497 e. The van der Waals surface area contributed by atoms with Crippen LogP contribution in [0.25, 0.3) is 0 Å². The summed E-state index contributed by atoms with van der Waals surface area (Å²) in [6.07, 6.45) is 0.511. The van der Waals surface area contributed by atoms with Crippen molar-refractivity contribution >= 4 is 23.5 Å². The number of aliphatic hydroxyl groups excluding tert-OH is 1. The Morgan fingerprint density at radius 2 is 1.92 bits per heavy atom. The zero-order valence-corrected chi connectivity index (χ0v) is 20.3. The molecule has 1 spiro atoms. The van der Waals surface area contributed by atoms with Crippen LogP contribution in [0.1, 0.15) is 31.4 Å². The second-order valence-corrected chi connectivity index (χ2v) is 9.38. The fraction of sp³-hybridized carbons (Fsp3) is 0.444. The third-order valence-corrected chi connectivity index (χ3v) is 7.60. The summed E-state index contributed by atoms with van der Waals surface area (Å²) in [4.78, 5) is 42.3. The summed E-state index contributed by atoms with van der Waals surface area (Å²) >= 11 is 0. The van der Waals surface area contributed by atoms with E-state index in [0.717, 1.165) is 0 Å². The topological polar surface area (TPSA) is 114 Å². The van der Waals surface area contributed by atoms with Gasteiger partial charge in [0.05, 0.1) is 44.3 Å². The highest BCUT2D eigenvalue weighted by atomic mass is 16.6.